The minimum atomic E-state index is -0.0559. The SMILES string of the molecule is O=C1CCC(c2ncccn2)=NN1. The van der Waals surface area contributed by atoms with Gasteiger partial charge in [0, 0.05) is 25.2 Å². The maximum atomic E-state index is 10.8. The van der Waals surface area contributed by atoms with Crippen molar-refractivity contribution in [1.29, 1.82) is 0 Å². The summed E-state index contributed by atoms with van der Waals surface area (Å²) < 4.78 is 0. The number of hydrazone groups is 1. The second-order valence-electron chi connectivity index (χ2n) is 2.67. The van der Waals surface area contributed by atoms with E-state index in [0.29, 0.717) is 18.7 Å². The topological polar surface area (TPSA) is 67.2 Å². The third-order valence-corrected chi connectivity index (χ3v) is 1.73. The molecule has 1 aliphatic rings. The first-order valence-corrected chi connectivity index (χ1v) is 3.99. The molecule has 5 heteroatoms. The van der Waals surface area contributed by atoms with Gasteiger partial charge >= 0.3 is 0 Å². The molecule has 2 heterocycles. The van der Waals surface area contributed by atoms with Gasteiger partial charge < -0.3 is 0 Å². The average Bonchev–Trinajstić information content (AvgIpc) is 2.20. The Morgan fingerprint density at radius 2 is 2.00 bits per heavy atom. The number of aromatic nitrogens is 2. The molecule has 2 rings (SSSR count). The standard InChI is InChI=1S/C8H8N4O/c13-7-3-2-6(11-12-7)8-9-4-1-5-10-8/h1,4-5H,2-3H2,(H,12,13). The van der Waals surface area contributed by atoms with E-state index < -0.39 is 0 Å². The molecule has 1 aliphatic heterocycles. The number of carbonyl (C=O) groups excluding carboxylic acids is 1. The number of hydrogen-bond donors (Lipinski definition) is 1. The molecule has 0 spiro atoms. The summed E-state index contributed by atoms with van der Waals surface area (Å²) in [6, 6.07) is 1.74. The second-order valence-corrected chi connectivity index (χ2v) is 2.67. The lowest BCUT2D eigenvalue weighted by molar-refractivity contribution is -0.121. The molecule has 0 radical (unpaired) electrons. The molecule has 0 fully saturated rings. The Bertz CT molecular complexity index is 346. The molecule has 1 aromatic rings. The lowest BCUT2D eigenvalue weighted by Crippen LogP contribution is -2.26. The first-order chi connectivity index (χ1) is 6.36. The van der Waals surface area contributed by atoms with E-state index >= 15 is 0 Å². The summed E-state index contributed by atoms with van der Waals surface area (Å²) in [6.07, 6.45) is 4.37. The average molecular weight is 176 g/mol. The Morgan fingerprint density at radius 3 is 2.62 bits per heavy atom. The summed E-state index contributed by atoms with van der Waals surface area (Å²) in [7, 11) is 0. The van der Waals surface area contributed by atoms with Crippen LogP contribution in [0, 0.1) is 0 Å². The molecular formula is C8H8N4O. The predicted octanol–water partition coefficient (Wildman–Crippen LogP) is 0.0907. The first-order valence-electron chi connectivity index (χ1n) is 3.99. The minimum Gasteiger partial charge on any atom is -0.273 e. The molecule has 5 nitrogen and oxygen atoms in total. The molecular weight excluding hydrogens is 168 g/mol. The van der Waals surface area contributed by atoms with E-state index in [9.17, 15) is 4.79 Å². The van der Waals surface area contributed by atoms with Crippen LogP contribution < -0.4 is 5.43 Å². The van der Waals surface area contributed by atoms with Gasteiger partial charge in [0.2, 0.25) is 5.91 Å². The van der Waals surface area contributed by atoms with Crippen molar-refractivity contribution in [1.82, 2.24) is 15.4 Å². The second kappa shape index (κ2) is 3.30. The van der Waals surface area contributed by atoms with Gasteiger partial charge in [0.1, 0.15) is 5.71 Å². The van der Waals surface area contributed by atoms with Crippen molar-refractivity contribution in [3.8, 4) is 0 Å². The van der Waals surface area contributed by atoms with Crippen molar-refractivity contribution in [3.05, 3.63) is 24.3 Å². The molecule has 0 aliphatic carbocycles. The van der Waals surface area contributed by atoms with Crippen LogP contribution in [0.1, 0.15) is 18.7 Å². The van der Waals surface area contributed by atoms with E-state index in [2.05, 4.69) is 20.5 Å². The molecule has 66 valence electrons. The number of amides is 1. The van der Waals surface area contributed by atoms with E-state index in [1.54, 1.807) is 18.5 Å². The molecule has 0 saturated carbocycles. The number of hydrogen-bond acceptors (Lipinski definition) is 4. The Kier molecular flexibility index (Phi) is 1.99. The zero-order valence-corrected chi connectivity index (χ0v) is 6.90. The van der Waals surface area contributed by atoms with Gasteiger partial charge in [0.25, 0.3) is 0 Å². The van der Waals surface area contributed by atoms with E-state index in [0.717, 1.165) is 5.71 Å². The molecule has 1 amide bonds. The van der Waals surface area contributed by atoms with Crippen LogP contribution in [0.25, 0.3) is 0 Å². The van der Waals surface area contributed by atoms with Gasteiger partial charge in [-0.2, -0.15) is 5.10 Å². The zero-order valence-electron chi connectivity index (χ0n) is 6.90. The van der Waals surface area contributed by atoms with Gasteiger partial charge in [-0.15, -0.1) is 0 Å². The molecule has 0 bridgehead atoms. The van der Waals surface area contributed by atoms with Gasteiger partial charge in [-0.25, -0.2) is 15.4 Å². The maximum absolute atomic E-state index is 10.8. The van der Waals surface area contributed by atoms with Gasteiger partial charge in [-0.05, 0) is 6.07 Å². The quantitative estimate of drug-likeness (QED) is 0.659. The Hall–Kier alpha value is -1.78. The predicted molar refractivity (Wildman–Crippen MR) is 45.9 cm³/mol. The summed E-state index contributed by atoms with van der Waals surface area (Å²) in [5.41, 5.74) is 3.14. The van der Waals surface area contributed by atoms with Crippen LogP contribution in [0.3, 0.4) is 0 Å². The molecule has 0 aromatic carbocycles. The Morgan fingerprint density at radius 1 is 1.23 bits per heavy atom. The fraction of sp³-hybridized carbons (Fsp3) is 0.250. The van der Waals surface area contributed by atoms with Gasteiger partial charge in [0.15, 0.2) is 5.82 Å². The first kappa shape index (κ1) is 7.85. The summed E-state index contributed by atoms with van der Waals surface area (Å²) in [5, 5.41) is 3.87. The van der Waals surface area contributed by atoms with Crippen LogP contribution in [-0.2, 0) is 4.79 Å². The van der Waals surface area contributed by atoms with Crippen LogP contribution in [0.2, 0.25) is 0 Å². The molecule has 1 aromatic heterocycles. The highest BCUT2D eigenvalue weighted by Crippen LogP contribution is 2.04. The zero-order chi connectivity index (χ0) is 9.10. The Balaban J connectivity index is 2.23. The van der Waals surface area contributed by atoms with Crippen molar-refractivity contribution in [3.63, 3.8) is 0 Å². The van der Waals surface area contributed by atoms with Crippen molar-refractivity contribution in [2.45, 2.75) is 12.8 Å². The molecule has 13 heavy (non-hydrogen) atoms. The largest absolute Gasteiger partial charge is 0.273 e. The van der Waals surface area contributed by atoms with Crippen molar-refractivity contribution < 1.29 is 4.79 Å². The van der Waals surface area contributed by atoms with Crippen molar-refractivity contribution in [2.75, 3.05) is 0 Å². The lowest BCUT2D eigenvalue weighted by Gasteiger charge is -2.09. The maximum Gasteiger partial charge on any atom is 0.240 e. The molecule has 0 atom stereocenters. The third-order valence-electron chi connectivity index (χ3n) is 1.73. The fourth-order valence-corrected chi connectivity index (χ4v) is 1.08. The van der Waals surface area contributed by atoms with Crippen LogP contribution in [0.5, 0.6) is 0 Å². The summed E-state index contributed by atoms with van der Waals surface area (Å²) in [5.74, 6) is 0.530. The number of rotatable bonds is 1. The number of nitrogens with one attached hydrogen (secondary N) is 1. The normalized spacial score (nSPS) is 16.3. The van der Waals surface area contributed by atoms with Crippen molar-refractivity contribution >= 4 is 11.6 Å². The van der Waals surface area contributed by atoms with Gasteiger partial charge in [-0.3, -0.25) is 4.79 Å². The molecule has 1 N–H and O–H groups in total. The van der Waals surface area contributed by atoms with Crippen LogP contribution in [0.15, 0.2) is 23.6 Å². The monoisotopic (exact) mass is 176 g/mol. The van der Waals surface area contributed by atoms with E-state index in [-0.39, 0.29) is 5.91 Å². The third kappa shape index (κ3) is 1.69. The number of nitrogens with zero attached hydrogens (tertiary/aromatic N) is 3. The van der Waals surface area contributed by atoms with Crippen LogP contribution in [0.4, 0.5) is 0 Å². The smallest absolute Gasteiger partial charge is 0.240 e. The summed E-state index contributed by atoms with van der Waals surface area (Å²) in [6.45, 7) is 0. The van der Waals surface area contributed by atoms with Crippen LogP contribution in [-0.4, -0.2) is 21.6 Å². The van der Waals surface area contributed by atoms with E-state index in [1.165, 1.54) is 0 Å². The minimum absolute atomic E-state index is 0.0559. The molecule has 0 saturated heterocycles. The summed E-state index contributed by atoms with van der Waals surface area (Å²) >= 11 is 0. The lowest BCUT2D eigenvalue weighted by atomic mass is 10.2. The fourth-order valence-electron chi connectivity index (χ4n) is 1.08. The highest BCUT2D eigenvalue weighted by Gasteiger charge is 2.14. The van der Waals surface area contributed by atoms with Crippen LogP contribution >= 0.6 is 0 Å². The Labute approximate surface area is 74.9 Å². The highest BCUT2D eigenvalue weighted by molar-refractivity contribution is 6.01. The van der Waals surface area contributed by atoms with Gasteiger partial charge in [-0.1, -0.05) is 0 Å². The highest BCUT2D eigenvalue weighted by atomic mass is 16.2. The number of carbonyl (C=O) groups is 1. The van der Waals surface area contributed by atoms with Crippen molar-refractivity contribution in [2.24, 2.45) is 5.10 Å². The van der Waals surface area contributed by atoms with E-state index in [1.807, 2.05) is 0 Å². The van der Waals surface area contributed by atoms with E-state index in [4.69, 9.17) is 0 Å². The van der Waals surface area contributed by atoms with Gasteiger partial charge in [0.05, 0.1) is 0 Å². The molecule has 0 unspecified atom stereocenters. The summed E-state index contributed by atoms with van der Waals surface area (Å²) in [4.78, 5) is 18.8.